The molecule has 0 atom stereocenters. The van der Waals surface area contributed by atoms with E-state index in [1.165, 1.54) is 167 Å². The van der Waals surface area contributed by atoms with Crippen LogP contribution in [0.1, 0.15) is 219 Å². The van der Waals surface area contributed by atoms with Crippen molar-refractivity contribution in [3.05, 3.63) is 0 Å². The summed E-state index contributed by atoms with van der Waals surface area (Å²) in [6.45, 7) is 5.51. The van der Waals surface area contributed by atoms with Gasteiger partial charge in [0.2, 0.25) is 0 Å². The third kappa shape index (κ3) is 47.3. The zero-order valence-corrected chi connectivity index (χ0v) is 31.0. The Morgan fingerprint density at radius 1 is 0.413 bits per heavy atom. The lowest BCUT2D eigenvalue weighted by molar-refractivity contribution is -0.145. The van der Waals surface area contributed by atoms with E-state index in [1.54, 1.807) is 0 Å². The molecule has 0 aromatic heterocycles. The second-order valence-electron chi connectivity index (χ2n) is 13.3. The molecule has 0 aromatic carbocycles. The number of hydrogen-bond donors (Lipinski definition) is 2. The number of unbranched alkanes of at least 4 members (excludes halogenated alkanes) is 28. The van der Waals surface area contributed by atoms with E-state index in [1.807, 2.05) is 0 Å². The number of carbonyl (C=O) groups excluding carboxylic acids is 1. The van der Waals surface area contributed by atoms with Crippen LogP contribution in [0.4, 0.5) is 0 Å². The number of carbonyl (C=O) groups is 2. The van der Waals surface area contributed by atoms with Gasteiger partial charge < -0.3 is 19.7 Å². The van der Waals surface area contributed by atoms with Crippen molar-refractivity contribution >= 4 is 11.9 Å². The van der Waals surface area contributed by atoms with Gasteiger partial charge in [-0.15, -0.1) is 0 Å². The Labute approximate surface area is 286 Å². The van der Waals surface area contributed by atoms with Gasteiger partial charge in [-0.25, -0.2) is 0 Å². The van der Waals surface area contributed by atoms with Crippen LogP contribution in [0.3, 0.4) is 0 Å². The van der Waals surface area contributed by atoms with Crippen molar-refractivity contribution in [3.8, 4) is 0 Å². The van der Waals surface area contributed by atoms with Crippen molar-refractivity contribution < 1.29 is 29.3 Å². The molecule has 0 aliphatic rings. The topological polar surface area (TPSA) is 93.1 Å². The number of carboxylic acid groups (broad SMARTS) is 1. The Balaban J connectivity index is 0. The summed E-state index contributed by atoms with van der Waals surface area (Å²) in [5, 5.41) is 17.1. The molecular formula is C40H80O6. The van der Waals surface area contributed by atoms with E-state index >= 15 is 0 Å². The monoisotopic (exact) mass is 657 g/mol. The maximum atomic E-state index is 11.5. The fourth-order valence-corrected chi connectivity index (χ4v) is 5.74. The third-order valence-electron chi connectivity index (χ3n) is 8.70. The maximum Gasteiger partial charge on any atom is 0.305 e. The quantitative estimate of drug-likeness (QED) is 0.0510. The first-order valence-corrected chi connectivity index (χ1v) is 20.1. The average Bonchev–Trinajstić information content (AvgIpc) is 3.04. The largest absolute Gasteiger partial charge is 0.481 e. The number of aliphatic hydroxyl groups excluding tert-OH is 1. The summed E-state index contributed by atoms with van der Waals surface area (Å²) >= 11 is 0. The average molecular weight is 657 g/mol. The smallest absolute Gasteiger partial charge is 0.305 e. The first-order valence-electron chi connectivity index (χ1n) is 20.1. The number of ether oxygens (including phenoxy) is 2. The molecule has 0 rings (SSSR count). The van der Waals surface area contributed by atoms with Crippen LogP contribution in [0.25, 0.3) is 0 Å². The fourth-order valence-electron chi connectivity index (χ4n) is 5.74. The lowest BCUT2D eigenvalue weighted by atomic mass is 10.0. The molecule has 0 saturated heterocycles. The maximum absolute atomic E-state index is 11.5. The minimum absolute atomic E-state index is 0.00702. The highest BCUT2D eigenvalue weighted by atomic mass is 16.6. The first kappa shape index (κ1) is 47.0. The van der Waals surface area contributed by atoms with Crippen molar-refractivity contribution in [2.24, 2.45) is 0 Å². The summed E-state index contributed by atoms with van der Waals surface area (Å²) in [7, 11) is 0. The predicted molar refractivity (Wildman–Crippen MR) is 196 cm³/mol. The van der Waals surface area contributed by atoms with Crippen LogP contribution in [0, 0.1) is 0 Å². The van der Waals surface area contributed by atoms with Gasteiger partial charge in [0, 0.05) is 12.8 Å². The zero-order chi connectivity index (χ0) is 34.0. The number of esters is 1. The van der Waals surface area contributed by atoms with Crippen LogP contribution in [-0.2, 0) is 19.1 Å². The van der Waals surface area contributed by atoms with Crippen molar-refractivity contribution in [2.75, 3.05) is 26.4 Å². The van der Waals surface area contributed by atoms with Crippen LogP contribution in [0.5, 0.6) is 0 Å². The number of aliphatic carboxylic acids is 1. The second-order valence-corrected chi connectivity index (χ2v) is 13.3. The summed E-state index contributed by atoms with van der Waals surface area (Å²) in [5.74, 6) is -0.785. The normalized spacial score (nSPS) is 10.9. The third-order valence-corrected chi connectivity index (χ3v) is 8.70. The summed E-state index contributed by atoms with van der Waals surface area (Å²) in [6, 6.07) is 0. The molecule has 2 N–H and O–H groups in total. The Morgan fingerprint density at radius 2 is 0.717 bits per heavy atom. The molecule has 0 amide bonds. The molecule has 0 aliphatic heterocycles. The minimum Gasteiger partial charge on any atom is -0.481 e. The van der Waals surface area contributed by atoms with Crippen molar-refractivity contribution in [1.29, 1.82) is 0 Å². The number of aliphatic hydroxyl groups is 1. The van der Waals surface area contributed by atoms with Gasteiger partial charge in [-0.3, -0.25) is 9.59 Å². The van der Waals surface area contributed by atoms with E-state index in [0.29, 0.717) is 26.1 Å². The number of carboxylic acids is 1. The molecule has 6 nitrogen and oxygen atoms in total. The van der Waals surface area contributed by atoms with Gasteiger partial charge >= 0.3 is 11.9 Å². The predicted octanol–water partition coefficient (Wildman–Crippen LogP) is 12.1. The van der Waals surface area contributed by atoms with Crippen LogP contribution in [0.15, 0.2) is 0 Å². The van der Waals surface area contributed by atoms with Crippen molar-refractivity contribution in [3.63, 3.8) is 0 Å². The van der Waals surface area contributed by atoms with E-state index in [9.17, 15) is 9.59 Å². The molecule has 46 heavy (non-hydrogen) atoms. The van der Waals surface area contributed by atoms with E-state index < -0.39 is 5.97 Å². The van der Waals surface area contributed by atoms with Gasteiger partial charge in [-0.2, -0.15) is 0 Å². The van der Waals surface area contributed by atoms with Gasteiger partial charge in [0.25, 0.3) is 0 Å². The highest BCUT2D eigenvalue weighted by Crippen LogP contribution is 2.15. The molecule has 0 bridgehead atoms. The zero-order valence-electron chi connectivity index (χ0n) is 31.0. The molecule has 0 heterocycles. The highest BCUT2D eigenvalue weighted by molar-refractivity contribution is 5.69. The number of rotatable bonds is 37. The first-order chi connectivity index (χ1) is 22.6. The summed E-state index contributed by atoms with van der Waals surface area (Å²) < 4.78 is 10.1. The Hall–Kier alpha value is -1.14. The Bertz CT molecular complexity index is 582. The molecule has 0 saturated carbocycles. The standard InChI is InChI=1S/C22H44O4.C18H36O2/c1-2-3-4-5-6-7-8-9-10-11-12-13-14-15-16-17-22(24)26-21-20-25-19-18-23;1-2-3-4-5-6-7-8-9-10-11-12-13-14-15-16-17-18(19)20/h23H,2-21H2,1H3;2-17H2,1H3,(H,19,20). The molecular weight excluding hydrogens is 576 g/mol. The SMILES string of the molecule is CCCCCCCCCCCCCCCCCC(=O)O.CCCCCCCCCCCCCCCCCC(=O)OCCOCCO. The molecule has 0 fully saturated rings. The molecule has 0 aromatic rings. The Morgan fingerprint density at radius 3 is 1.02 bits per heavy atom. The van der Waals surface area contributed by atoms with Gasteiger partial charge in [-0.05, 0) is 12.8 Å². The minimum atomic E-state index is -0.653. The molecule has 276 valence electrons. The van der Waals surface area contributed by atoms with Crippen LogP contribution >= 0.6 is 0 Å². The number of hydrogen-bond acceptors (Lipinski definition) is 5. The second kappa shape index (κ2) is 43.9. The van der Waals surface area contributed by atoms with Crippen LogP contribution < -0.4 is 0 Å². The molecule has 0 unspecified atom stereocenters. The van der Waals surface area contributed by atoms with Gasteiger partial charge in [0.1, 0.15) is 6.61 Å². The Kier molecular flexibility index (Phi) is 44.8. The van der Waals surface area contributed by atoms with Gasteiger partial charge in [0.15, 0.2) is 0 Å². The van der Waals surface area contributed by atoms with Crippen LogP contribution in [-0.4, -0.2) is 48.6 Å². The fraction of sp³-hybridized carbons (Fsp3) is 0.950. The van der Waals surface area contributed by atoms with Gasteiger partial charge in [0.05, 0.1) is 19.8 Å². The summed E-state index contributed by atoms with van der Waals surface area (Å²) in [4.78, 5) is 21.8. The lowest BCUT2D eigenvalue weighted by Crippen LogP contribution is -2.11. The van der Waals surface area contributed by atoms with Gasteiger partial charge in [-0.1, -0.05) is 194 Å². The van der Waals surface area contributed by atoms with E-state index in [-0.39, 0.29) is 19.2 Å². The van der Waals surface area contributed by atoms with Crippen molar-refractivity contribution in [1.82, 2.24) is 0 Å². The highest BCUT2D eigenvalue weighted by Gasteiger charge is 2.02. The van der Waals surface area contributed by atoms with E-state index in [2.05, 4.69) is 13.8 Å². The van der Waals surface area contributed by atoms with Crippen LogP contribution in [0.2, 0.25) is 0 Å². The van der Waals surface area contributed by atoms with E-state index in [0.717, 1.165) is 25.7 Å². The van der Waals surface area contributed by atoms with E-state index in [4.69, 9.17) is 19.7 Å². The lowest BCUT2D eigenvalue weighted by Gasteiger charge is -2.05. The molecule has 0 aliphatic carbocycles. The molecule has 0 radical (unpaired) electrons. The molecule has 0 spiro atoms. The molecule has 6 heteroatoms. The summed E-state index contributed by atoms with van der Waals surface area (Å²) in [5.41, 5.74) is 0. The summed E-state index contributed by atoms with van der Waals surface area (Å²) in [6.07, 6.45) is 40.6. The van der Waals surface area contributed by atoms with Crippen molar-refractivity contribution in [2.45, 2.75) is 219 Å².